The summed E-state index contributed by atoms with van der Waals surface area (Å²) in [4.78, 5) is 34.0. The number of rotatable bonds is 7. The smallest absolute Gasteiger partial charge is 0.258 e. The van der Waals surface area contributed by atoms with Crippen molar-refractivity contribution < 1.29 is 9.59 Å². The maximum absolute atomic E-state index is 13.0. The predicted octanol–water partition coefficient (Wildman–Crippen LogP) is 5.67. The Hall–Kier alpha value is -3.42. The number of para-hydroxylation sites is 1. The van der Waals surface area contributed by atoms with Crippen molar-refractivity contribution in [3.8, 4) is 0 Å². The number of carbonyl (C=O) groups excluding carboxylic acids is 2. The highest BCUT2D eigenvalue weighted by Gasteiger charge is 2.24. The van der Waals surface area contributed by atoms with Gasteiger partial charge in [0.15, 0.2) is 5.13 Å². The number of thioether (sulfide) groups is 1. The first-order valence-electron chi connectivity index (χ1n) is 11.1. The van der Waals surface area contributed by atoms with E-state index in [2.05, 4.69) is 28.5 Å². The highest BCUT2D eigenvalue weighted by Crippen LogP contribution is 2.30. The van der Waals surface area contributed by atoms with Crippen molar-refractivity contribution in [3.63, 3.8) is 0 Å². The Morgan fingerprint density at radius 3 is 2.62 bits per heavy atom. The zero-order valence-electron chi connectivity index (χ0n) is 18.4. The number of hydrogen-bond donors (Lipinski definition) is 1. The lowest BCUT2D eigenvalue weighted by Crippen LogP contribution is -2.30. The van der Waals surface area contributed by atoms with Gasteiger partial charge in [0.25, 0.3) is 5.91 Å². The molecule has 5 nitrogen and oxygen atoms in total. The quantitative estimate of drug-likeness (QED) is 0.343. The summed E-state index contributed by atoms with van der Waals surface area (Å²) >= 11 is 2.87. The molecule has 0 saturated carbocycles. The zero-order chi connectivity index (χ0) is 23.3. The third kappa shape index (κ3) is 5.05. The van der Waals surface area contributed by atoms with Crippen LogP contribution < -0.4 is 10.2 Å². The van der Waals surface area contributed by atoms with Crippen molar-refractivity contribution in [1.29, 1.82) is 0 Å². The summed E-state index contributed by atoms with van der Waals surface area (Å²) in [5, 5.41) is 3.49. The van der Waals surface area contributed by atoms with Gasteiger partial charge in [0, 0.05) is 34.6 Å². The van der Waals surface area contributed by atoms with E-state index in [1.54, 1.807) is 12.3 Å². The molecule has 0 bridgehead atoms. The molecule has 0 saturated heterocycles. The summed E-state index contributed by atoms with van der Waals surface area (Å²) in [6.07, 6.45) is 3.47. The third-order valence-corrected chi connectivity index (χ3v) is 7.64. The van der Waals surface area contributed by atoms with E-state index in [1.165, 1.54) is 34.2 Å². The Kier molecular flexibility index (Phi) is 6.74. The van der Waals surface area contributed by atoms with Gasteiger partial charge in [0.05, 0.1) is 11.3 Å². The van der Waals surface area contributed by atoms with E-state index >= 15 is 0 Å². The highest BCUT2D eigenvalue weighted by atomic mass is 32.2. The number of fused-ring (bicyclic) bond motifs is 1. The van der Waals surface area contributed by atoms with E-state index < -0.39 is 0 Å². The number of aromatic nitrogens is 1. The van der Waals surface area contributed by atoms with Crippen LogP contribution in [0.1, 0.15) is 26.4 Å². The Bertz CT molecular complexity index is 1320. The van der Waals surface area contributed by atoms with Crippen molar-refractivity contribution >= 4 is 45.7 Å². The molecule has 0 spiro atoms. The molecule has 4 aromatic rings. The van der Waals surface area contributed by atoms with Crippen molar-refractivity contribution in [2.45, 2.75) is 17.7 Å². The molecular formula is C27H23N3O2S2. The average molecular weight is 486 g/mol. The largest absolute Gasteiger partial charge is 0.311 e. The predicted molar refractivity (Wildman–Crippen MR) is 139 cm³/mol. The Balaban J connectivity index is 1.23. The van der Waals surface area contributed by atoms with Gasteiger partial charge in [-0.15, -0.1) is 23.1 Å². The number of nitrogens with one attached hydrogen (secondary N) is 1. The number of thiazole rings is 1. The van der Waals surface area contributed by atoms with Gasteiger partial charge in [-0.25, -0.2) is 4.98 Å². The minimum absolute atomic E-state index is 0.0515. The fraction of sp³-hybridized carbons (Fsp3) is 0.148. The van der Waals surface area contributed by atoms with Crippen LogP contribution in [0.5, 0.6) is 0 Å². The normalized spacial score (nSPS) is 12.4. The van der Waals surface area contributed by atoms with Gasteiger partial charge in [-0.05, 0) is 35.7 Å². The van der Waals surface area contributed by atoms with Crippen LogP contribution in [0.2, 0.25) is 0 Å². The molecule has 2 amide bonds. The lowest BCUT2D eigenvalue weighted by Gasteiger charge is -2.17. The molecule has 0 atom stereocenters. The monoisotopic (exact) mass is 485 g/mol. The molecule has 7 heteroatoms. The van der Waals surface area contributed by atoms with Crippen LogP contribution in [0.3, 0.4) is 0 Å². The topological polar surface area (TPSA) is 62.3 Å². The van der Waals surface area contributed by atoms with Gasteiger partial charge in [-0.3, -0.25) is 14.9 Å². The zero-order valence-corrected chi connectivity index (χ0v) is 20.1. The number of hydrogen-bond acceptors (Lipinski definition) is 5. The van der Waals surface area contributed by atoms with Gasteiger partial charge in [-0.2, -0.15) is 0 Å². The lowest BCUT2D eigenvalue weighted by molar-refractivity contribution is -0.116. The minimum atomic E-state index is -0.220. The van der Waals surface area contributed by atoms with Gasteiger partial charge in [-0.1, -0.05) is 60.7 Å². The van der Waals surface area contributed by atoms with Gasteiger partial charge in [0.2, 0.25) is 5.91 Å². The first-order valence-corrected chi connectivity index (χ1v) is 12.9. The fourth-order valence-corrected chi connectivity index (χ4v) is 5.77. The number of amides is 2. The third-order valence-electron chi connectivity index (χ3n) is 5.67. The summed E-state index contributed by atoms with van der Waals surface area (Å²) in [7, 11) is 0. The van der Waals surface area contributed by atoms with Crippen molar-refractivity contribution in [3.05, 3.63) is 107 Å². The summed E-state index contributed by atoms with van der Waals surface area (Å²) < 4.78 is 0. The van der Waals surface area contributed by atoms with E-state index in [0.717, 1.165) is 28.3 Å². The maximum Gasteiger partial charge on any atom is 0.258 e. The van der Waals surface area contributed by atoms with Crippen LogP contribution in [0.4, 0.5) is 10.8 Å². The van der Waals surface area contributed by atoms with Crippen molar-refractivity contribution in [2.24, 2.45) is 0 Å². The molecular weight excluding hydrogens is 462 g/mol. The van der Waals surface area contributed by atoms with Crippen LogP contribution in [-0.4, -0.2) is 29.1 Å². The lowest BCUT2D eigenvalue weighted by atomic mass is 10.1. The summed E-state index contributed by atoms with van der Waals surface area (Å²) in [6.45, 7) is 0.705. The molecule has 5 rings (SSSR count). The van der Waals surface area contributed by atoms with Crippen LogP contribution in [0.15, 0.2) is 90.0 Å². The first kappa shape index (κ1) is 22.4. The van der Waals surface area contributed by atoms with E-state index in [-0.39, 0.29) is 17.6 Å². The fourth-order valence-electron chi connectivity index (χ4n) is 4.00. The minimum Gasteiger partial charge on any atom is -0.311 e. The molecule has 1 N–H and O–H groups in total. The first-order chi connectivity index (χ1) is 16.7. The number of anilines is 2. The summed E-state index contributed by atoms with van der Waals surface area (Å²) in [5.41, 5.74) is 3.95. The van der Waals surface area contributed by atoms with Gasteiger partial charge < -0.3 is 4.90 Å². The molecule has 1 aliphatic rings. The van der Waals surface area contributed by atoms with Crippen molar-refractivity contribution in [1.82, 2.24) is 4.98 Å². The molecule has 1 aromatic heterocycles. The van der Waals surface area contributed by atoms with Crippen molar-refractivity contribution in [2.75, 3.05) is 22.5 Å². The van der Waals surface area contributed by atoms with Crippen LogP contribution >= 0.6 is 23.1 Å². The second-order valence-electron chi connectivity index (χ2n) is 7.96. The molecule has 34 heavy (non-hydrogen) atoms. The molecule has 0 radical (unpaired) electrons. The second-order valence-corrected chi connectivity index (χ2v) is 10.1. The second kappa shape index (κ2) is 10.2. The standard InChI is InChI=1S/C27H23N3O2S2/c31-25(30-15-14-20-10-4-6-12-23(20)30)18-33-24-13-7-5-11-22(24)26(32)29-27-28-17-21(34-27)16-19-8-2-1-3-9-19/h1-13,17H,14-16,18H2,(H,28,29,32). The summed E-state index contributed by atoms with van der Waals surface area (Å²) in [6, 6.07) is 25.6. The molecule has 0 unspecified atom stereocenters. The number of nitrogens with zero attached hydrogens (tertiary/aromatic N) is 2. The molecule has 2 heterocycles. The number of carbonyl (C=O) groups is 2. The molecule has 3 aromatic carbocycles. The van der Waals surface area contributed by atoms with Crippen LogP contribution in [-0.2, 0) is 17.6 Å². The molecule has 1 aliphatic heterocycles. The maximum atomic E-state index is 13.0. The molecule has 170 valence electrons. The van der Waals surface area contributed by atoms with Gasteiger partial charge >= 0.3 is 0 Å². The highest BCUT2D eigenvalue weighted by molar-refractivity contribution is 8.00. The van der Waals surface area contributed by atoms with E-state index in [0.29, 0.717) is 17.2 Å². The Labute approximate surface area is 206 Å². The van der Waals surface area contributed by atoms with Crippen LogP contribution in [0.25, 0.3) is 0 Å². The van der Waals surface area contributed by atoms with Crippen LogP contribution in [0, 0.1) is 0 Å². The SMILES string of the molecule is O=C(Nc1ncc(Cc2ccccc2)s1)c1ccccc1SCC(=O)N1CCc2ccccc21. The molecule has 0 fully saturated rings. The van der Waals surface area contributed by atoms with E-state index in [9.17, 15) is 9.59 Å². The average Bonchev–Trinajstić information content (AvgIpc) is 3.50. The summed E-state index contributed by atoms with van der Waals surface area (Å²) in [5.74, 6) is 0.107. The van der Waals surface area contributed by atoms with E-state index in [4.69, 9.17) is 0 Å². The van der Waals surface area contributed by atoms with Gasteiger partial charge in [0.1, 0.15) is 0 Å². The number of benzene rings is 3. The Morgan fingerprint density at radius 2 is 1.74 bits per heavy atom. The van der Waals surface area contributed by atoms with E-state index in [1.807, 2.05) is 59.5 Å². The Morgan fingerprint density at radius 1 is 0.971 bits per heavy atom. The molecule has 0 aliphatic carbocycles.